The molecule has 0 fully saturated rings. The van der Waals surface area contributed by atoms with Crippen molar-refractivity contribution in [2.45, 2.75) is 26.7 Å². The molecule has 2 rings (SSSR count). The van der Waals surface area contributed by atoms with Gasteiger partial charge in [0.05, 0.1) is 13.2 Å². The van der Waals surface area contributed by atoms with E-state index in [4.69, 9.17) is 4.74 Å². The molecular formula is C17H20FNO. The molecule has 0 amide bonds. The molecule has 0 aromatic heterocycles. The third-order valence-corrected chi connectivity index (χ3v) is 3.16. The molecule has 0 aliphatic rings. The molecule has 0 bridgehead atoms. The zero-order valence-electron chi connectivity index (χ0n) is 11.7. The number of ether oxygens (including phenoxy) is 1. The summed E-state index contributed by atoms with van der Waals surface area (Å²) in [5, 5.41) is 3.31. The van der Waals surface area contributed by atoms with Gasteiger partial charge in [-0.1, -0.05) is 49.4 Å². The van der Waals surface area contributed by atoms with Gasteiger partial charge in [-0.05, 0) is 23.7 Å². The van der Waals surface area contributed by atoms with Crippen molar-refractivity contribution in [3.63, 3.8) is 0 Å². The summed E-state index contributed by atoms with van der Waals surface area (Å²) in [6.45, 7) is 4.63. The van der Waals surface area contributed by atoms with Crippen LogP contribution >= 0.6 is 0 Å². The molecule has 20 heavy (non-hydrogen) atoms. The summed E-state index contributed by atoms with van der Waals surface area (Å²) in [4.78, 5) is 0. The van der Waals surface area contributed by atoms with Crippen LogP contribution < -0.4 is 5.32 Å². The van der Waals surface area contributed by atoms with Crippen molar-refractivity contribution in [2.75, 3.05) is 6.54 Å². The van der Waals surface area contributed by atoms with Gasteiger partial charge < -0.3 is 10.1 Å². The molecule has 106 valence electrons. The second kappa shape index (κ2) is 7.78. The van der Waals surface area contributed by atoms with Crippen LogP contribution in [0, 0.1) is 5.82 Å². The predicted molar refractivity (Wildman–Crippen MR) is 78.7 cm³/mol. The Balaban J connectivity index is 1.92. The summed E-state index contributed by atoms with van der Waals surface area (Å²) in [6.07, 6.45) is 0. The minimum atomic E-state index is -0.214. The molecule has 1 N–H and O–H groups in total. The summed E-state index contributed by atoms with van der Waals surface area (Å²) >= 11 is 0. The van der Waals surface area contributed by atoms with Crippen LogP contribution in [0.25, 0.3) is 0 Å². The summed E-state index contributed by atoms with van der Waals surface area (Å²) in [6, 6.07) is 14.9. The Labute approximate surface area is 119 Å². The van der Waals surface area contributed by atoms with Gasteiger partial charge >= 0.3 is 0 Å². The highest BCUT2D eigenvalue weighted by molar-refractivity contribution is 5.26. The maximum Gasteiger partial charge on any atom is 0.128 e. The van der Waals surface area contributed by atoms with Crippen molar-refractivity contribution in [1.82, 2.24) is 5.32 Å². The van der Waals surface area contributed by atoms with Crippen LogP contribution in [0.2, 0.25) is 0 Å². The predicted octanol–water partition coefficient (Wildman–Crippen LogP) is 3.65. The molecule has 2 nitrogen and oxygen atoms in total. The largest absolute Gasteiger partial charge is 0.372 e. The zero-order valence-corrected chi connectivity index (χ0v) is 11.7. The Hall–Kier alpha value is -1.71. The lowest BCUT2D eigenvalue weighted by Gasteiger charge is -2.11. The van der Waals surface area contributed by atoms with Crippen molar-refractivity contribution in [1.29, 1.82) is 0 Å². The molecular weight excluding hydrogens is 253 g/mol. The van der Waals surface area contributed by atoms with Crippen LogP contribution in [0.15, 0.2) is 48.5 Å². The summed E-state index contributed by atoms with van der Waals surface area (Å²) in [7, 11) is 0. The average Bonchev–Trinajstić information content (AvgIpc) is 2.48. The lowest BCUT2D eigenvalue weighted by atomic mass is 10.1. The van der Waals surface area contributed by atoms with Gasteiger partial charge in [0, 0.05) is 12.1 Å². The lowest BCUT2D eigenvalue weighted by molar-refractivity contribution is 0.104. The topological polar surface area (TPSA) is 21.3 Å². The fraction of sp³-hybridized carbons (Fsp3) is 0.294. The van der Waals surface area contributed by atoms with E-state index in [0.717, 1.165) is 18.7 Å². The van der Waals surface area contributed by atoms with Crippen LogP contribution in [-0.2, 0) is 24.5 Å². The van der Waals surface area contributed by atoms with Crippen LogP contribution in [0.3, 0.4) is 0 Å². The van der Waals surface area contributed by atoms with E-state index in [1.807, 2.05) is 24.3 Å². The van der Waals surface area contributed by atoms with E-state index >= 15 is 0 Å². The molecule has 0 saturated heterocycles. The number of halogens is 1. The highest BCUT2D eigenvalue weighted by Crippen LogP contribution is 2.13. The standard InChI is InChI=1S/C17H20FNO/c1-2-19-11-14-7-3-4-8-15(14)12-20-13-16-9-5-6-10-17(16)18/h3-10,19H,2,11-13H2,1H3. The minimum Gasteiger partial charge on any atom is -0.372 e. The van der Waals surface area contributed by atoms with E-state index in [1.54, 1.807) is 12.1 Å². The summed E-state index contributed by atoms with van der Waals surface area (Å²) in [5.41, 5.74) is 2.96. The van der Waals surface area contributed by atoms with E-state index in [9.17, 15) is 4.39 Å². The van der Waals surface area contributed by atoms with Gasteiger partial charge in [-0.2, -0.15) is 0 Å². The molecule has 0 aliphatic carbocycles. The first-order chi connectivity index (χ1) is 9.81. The van der Waals surface area contributed by atoms with Crippen molar-refractivity contribution >= 4 is 0 Å². The highest BCUT2D eigenvalue weighted by atomic mass is 19.1. The second-order valence-corrected chi connectivity index (χ2v) is 4.63. The average molecular weight is 273 g/mol. The van der Waals surface area contributed by atoms with Crippen LogP contribution in [0.4, 0.5) is 4.39 Å². The van der Waals surface area contributed by atoms with E-state index in [2.05, 4.69) is 18.3 Å². The monoisotopic (exact) mass is 273 g/mol. The second-order valence-electron chi connectivity index (χ2n) is 4.63. The maximum absolute atomic E-state index is 13.5. The van der Waals surface area contributed by atoms with Crippen molar-refractivity contribution in [3.8, 4) is 0 Å². The number of rotatable bonds is 7. The molecule has 2 aromatic carbocycles. The Bertz CT molecular complexity index is 542. The van der Waals surface area contributed by atoms with Crippen LogP contribution in [0.5, 0.6) is 0 Å². The molecule has 3 heteroatoms. The molecule has 0 unspecified atom stereocenters. The number of nitrogens with one attached hydrogen (secondary N) is 1. The smallest absolute Gasteiger partial charge is 0.128 e. The number of hydrogen-bond donors (Lipinski definition) is 1. The van der Waals surface area contributed by atoms with Crippen LogP contribution in [-0.4, -0.2) is 6.54 Å². The van der Waals surface area contributed by atoms with Gasteiger partial charge in [-0.3, -0.25) is 0 Å². The fourth-order valence-corrected chi connectivity index (χ4v) is 2.02. The first kappa shape index (κ1) is 14.7. The van der Waals surface area contributed by atoms with Crippen LogP contribution in [0.1, 0.15) is 23.6 Å². The third kappa shape index (κ3) is 4.15. The normalized spacial score (nSPS) is 10.7. The molecule has 2 aromatic rings. The van der Waals surface area contributed by atoms with E-state index in [-0.39, 0.29) is 5.82 Å². The van der Waals surface area contributed by atoms with Gasteiger partial charge in [0.25, 0.3) is 0 Å². The van der Waals surface area contributed by atoms with Gasteiger partial charge in [0.2, 0.25) is 0 Å². The van der Waals surface area contributed by atoms with Gasteiger partial charge in [0.15, 0.2) is 0 Å². The van der Waals surface area contributed by atoms with E-state index in [1.165, 1.54) is 11.6 Å². The molecule has 0 heterocycles. The third-order valence-electron chi connectivity index (χ3n) is 3.16. The highest BCUT2D eigenvalue weighted by Gasteiger charge is 2.04. The first-order valence-corrected chi connectivity index (χ1v) is 6.90. The fourth-order valence-electron chi connectivity index (χ4n) is 2.02. The Morgan fingerprint density at radius 3 is 2.20 bits per heavy atom. The summed E-state index contributed by atoms with van der Waals surface area (Å²) < 4.78 is 19.1. The zero-order chi connectivity index (χ0) is 14.2. The number of benzene rings is 2. The maximum atomic E-state index is 13.5. The minimum absolute atomic E-state index is 0.214. The molecule has 0 aliphatic heterocycles. The quantitative estimate of drug-likeness (QED) is 0.831. The van der Waals surface area contributed by atoms with E-state index in [0.29, 0.717) is 18.8 Å². The van der Waals surface area contributed by atoms with Crippen molar-refractivity contribution in [3.05, 3.63) is 71.0 Å². The molecule has 0 atom stereocenters. The van der Waals surface area contributed by atoms with E-state index < -0.39 is 0 Å². The molecule has 0 saturated carbocycles. The van der Waals surface area contributed by atoms with Crippen molar-refractivity contribution in [2.24, 2.45) is 0 Å². The summed E-state index contributed by atoms with van der Waals surface area (Å²) in [5.74, 6) is -0.214. The number of hydrogen-bond acceptors (Lipinski definition) is 2. The van der Waals surface area contributed by atoms with Crippen molar-refractivity contribution < 1.29 is 9.13 Å². The lowest BCUT2D eigenvalue weighted by Crippen LogP contribution is -2.13. The Morgan fingerprint density at radius 1 is 0.900 bits per heavy atom. The SMILES string of the molecule is CCNCc1ccccc1COCc1ccccc1F. The van der Waals surface area contributed by atoms with Gasteiger partial charge in [-0.15, -0.1) is 0 Å². The van der Waals surface area contributed by atoms with Gasteiger partial charge in [-0.25, -0.2) is 4.39 Å². The Kier molecular flexibility index (Phi) is 5.71. The molecule has 0 spiro atoms. The Morgan fingerprint density at radius 2 is 1.50 bits per heavy atom. The van der Waals surface area contributed by atoms with Gasteiger partial charge in [0.1, 0.15) is 5.82 Å². The first-order valence-electron chi connectivity index (χ1n) is 6.90. The molecule has 0 radical (unpaired) electrons.